The molecule has 0 fully saturated rings. The number of rotatable bonds is 10. The molecule has 2 aromatic heterocycles. The van der Waals surface area contributed by atoms with Crippen molar-refractivity contribution >= 4 is 17.7 Å². The standard InChI is InChI=1S/C21H24FN5O2S/c1-3-26(14-16-5-4-6-18(22)13-16)19(28)15-30-21-25-24-20(27(21)11-12-29-2)17-7-9-23-10-8-17/h4-10,13H,3,11-12,14-15H2,1-2H3. The largest absolute Gasteiger partial charge is 0.383 e. The van der Waals surface area contributed by atoms with Gasteiger partial charge in [0.05, 0.1) is 18.9 Å². The molecule has 158 valence electrons. The second-order valence-electron chi connectivity index (χ2n) is 6.51. The molecule has 0 spiro atoms. The van der Waals surface area contributed by atoms with E-state index in [4.69, 9.17) is 4.74 Å². The molecule has 0 atom stereocenters. The Kier molecular flexibility index (Phi) is 7.92. The number of methoxy groups -OCH3 is 1. The molecule has 9 heteroatoms. The first-order valence-corrected chi connectivity index (χ1v) is 10.6. The van der Waals surface area contributed by atoms with E-state index in [0.29, 0.717) is 37.2 Å². The summed E-state index contributed by atoms with van der Waals surface area (Å²) in [4.78, 5) is 18.5. The van der Waals surface area contributed by atoms with E-state index in [2.05, 4.69) is 15.2 Å². The van der Waals surface area contributed by atoms with Gasteiger partial charge in [-0.2, -0.15) is 0 Å². The first kappa shape index (κ1) is 21.9. The Morgan fingerprint density at radius 1 is 1.23 bits per heavy atom. The van der Waals surface area contributed by atoms with Crippen LogP contribution in [0.25, 0.3) is 11.4 Å². The maximum absolute atomic E-state index is 13.4. The van der Waals surface area contributed by atoms with Gasteiger partial charge in [-0.05, 0) is 36.8 Å². The number of nitrogens with zero attached hydrogens (tertiary/aromatic N) is 5. The van der Waals surface area contributed by atoms with Crippen LogP contribution in [0, 0.1) is 5.82 Å². The topological polar surface area (TPSA) is 73.1 Å². The van der Waals surface area contributed by atoms with E-state index in [0.717, 1.165) is 11.1 Å². The van der Waals surface area contributed by atoms with Crippen LogP contribution < -0.4 is 0 Å². The molecule has 3 aromatic rings. The lowest BCUT2D eigenvalue weighted by Crippen LogP contribution is -2.31. The smallest absolute Gasteiger partial charge is 0.233 e. The molecule has 1 amide bonds. The molecule has 7 nitrogen and oxygen atoms in total. The van der Waals surface area contributed by atoms with E-state index in [1.54, 1.807) is 30.5 Å². The Labute approximate surface area is 179 Å². The van der Waals surface area contributed by atoms with Crippen LogP contribution in [0.4, 0.5) is 4.39 Å². The van der Waals surface area contributed by atoms with Crippen LogP contribution in [-0.4, -0.2) is 56.6 Å². The molecule has 2 heterocycles. The van der Waals surface area contributed by atoms with Gasteiger partial charge in [0.1, 0.15) is 5.82 Å². The van der Waals surface area contributed by atoms with Gasteiger partial charge in [-0.1, -0.05) is 23.9 Å². The summed E-state index contributed by atoms with van der Waals surface area (Å²) in [5, 5.41) is 9.23. The van der Waals surface area contributed by atoms with Gasteiger partial charge in [-0.25, -0.2) is 4.39 Å². The number of pyridine rings is 1. The summed E-state index contributed by atoms with van der Waals surface area (Å²) < 4.78 is 20.6. The van der Waals surface area contributed by atoms with Crippen molar-refractivity contribution in [2.75, 3.05) is 26.0 Å². The van der Waals surface area contributed by atoms with Crippen LogP contribution in [0.5, 0.6) is 0 Å². The summed E-state index contributed by atoms with van der Waals surface area (Å²) in [6, 6.07) is 10.0. The number of hydrogen-bond acceptors (Lipinski definition) is 6. The minimum absolute atomic E-state index is 0.0430. The Morgan fingerprint density at radius 2 is 2.03 bits per heavy atom. The lowest BCUT2D eigenvalue weighted by atomic mass is 10.2. The second kappa shape index (κ2) is 10.8. The van der Waals surface area contributed by atoms with Crippen molar-refractivity contribution < 1.29 is 13.9 Å². The predicted octanol–water partition coefficient (Wildman–Crippen LogP) is 3.27. The summed E-state index contributed by atoms with van der Waals surface area (Å²) >= 11 is 1.33. The number of thioether (sulfide) groups is 1. The monoisotopic (exact) mass is 429 g/mol. The van der Waals surface area contributed by atoms with Crippen LogP contribution in [-0.2, 0) is 22.6 Å². The normalized spacial score (nSPS) is 10.9. The highest BCUT2D eigenvalue weighted by Crippen LogP contribution is 2.24. The van der Waals surface area contributed by atoms with Crippen molar-refractivity contribution in [1.29, 1.82) is 0 Å². The maximum atomic E-state index is 13.4. The molecular formula is C21H24FN5O2S. The highest BCUT2D eigenvalue weighted by molar-refractivity contribution is 7.99. The molecule has 0 N–H and O–H groups in total. The third-order valence-corrected chi connectivity index (χ3v) is 5.45. The number of benzene rings is 1. The quantitative estimate of drug-likeness (QED) is 0.461. The molecule has 0 unspecified atom stereocenters. The van der Waals surface area contributed by atoms with Crippen molar-refractivity contribution in [2.45, 2.75) is 25.2 Å². The number of carbonyl (C=O) groups is 1. The number of halogens is 1. The summed E-state index contributed by atoms with van der Waals surface area (Å²) in [7, 11) is 1.64. The fraction of sp³-hybridized carbons (Fsp3) is 0.333. The van der Waals surface area contributed by atoms with Crippen molar-refractivity contribution in [3.63, 3.8) is 0 Å². The Hall–Kier alpha value is -2.78. The Bertz CT molecular complexity index is 967. The minimum atomic E-state index is -0.305. The van der Waals surface area contributed by atoms with E-state index in [9.17, 15) is 9.18 Å². The number of carbonyl (C=O) groups excluding carboxylic acids is 1. The number of ether oxygens (including phenoxy) is 1. The number of aromatic nitrogens is 4. The number of amides is 1. The predicted molar refractivity (Wildman–Crippen MR) is 113 cm³/mol. The van der Waals surface area contributed by atoms with Crippen LogP contribution in [0.15, 0.2) is 53.9 Å². The average Bonchev–Trinajstić information content (AvgIpc) is 3.17. The van der Waals surface area contributed by atoms with Crippen LogP contribution in [0.1, 0.15) is 12.5 Å². The van der Waals surface area contributed by atoms with E-state index in [-0.39, 0.29) is 17.5 Å². The lowest BCUT2D eigenvalue weighted by molar-refractivity contribution is -0.128. The molecule has 0 bridgehead atoms. The molecule has 0 radical (unpaired) electrons. The van der Waals surface area contributed by atoms with Gasteiger partial charge < -0.3 is 9.64 Å². The molecular weight excluding hydrogens is 405 g/mol. The van der Waals surface area contributed by atoms with Crippen molar-refractivity contribution in [3.8, 4) is 11.4 Å². The van der Waals surface area contributed by atoms with Gasteiger partial charge in [0.25, 0.3) is 0 Å². The van der Waals surface area contributed by atoms with Gasteiger partial charge in [-0.15, -0.1) is 10.2 Å². The first-order chi connectivity index (χ1) is 14.6. The second-order valence-corrected chi connectivity index (χ2v) is 7.46. The maximum Gasteiger partial charge on any atom is 0.233 e. The molecule has 0 saturated heterocycles. The molecule has 30 heavy (non-hydrogen) atoms. The zero-order chi connectivity index (χ0) is 21.3. The molecule has 0 saturated carbocycles. The van der Waals surface area contributed by atoms with Gasteiger partial charge in [0.15, 0.2) is 11.0 Å². The highest BCUT2D eigenvalue weighted by atomic mass is 32.2. The van der Waals surface area contributed by atoms with E-state index in [1.165, 1.54) is 23.9 Å². The summed E-state index contributed by atoms with van der Waals surface area (Å²) in [6.45, 7) is 3.88. The highest BCUT2D eigenvalue weighted by Gasteiger charge is 2.18. The third-order valence-electron chi connectivity index (χ3n) is 4.50. The molecule has 0 aliphatic rings. The SMILES string of the molecule is CCN(Cc1cccc(F)c1)C(=O)CSc1nnc(-c2ccncc2)n1CCOC. The van der Waals surface area contributed by atoms with Gasteiger partial charge in [-0.3, -0.25) is 14.3 Å². The van der Waals surface area contributed by atoms with Gasteiger partial charge >= 0.3 is 0 Å². The van der Waals surface area contributed by atoms with E-state index in [1.807, 2.05) is 29.7 Å². The molecule has 0 aliphatic carbocycles. The average molecular weight is 430 g/mol. The van der Waals surface area contributed by atoms with E-state index < -0.39 is 0 Å². The summed E-state index contributed by atoms with van der Waals surface area (Å²) in [6.07, 6.45) is 3.40. The summed E-state index contributed by atoms with van der Waals surface area (Å²) in [5.74, 6) is 0.570. The minimum Gasteiger partial charge on any atom is -0.383 e. The fourth-order valence-electron chi connectivity index (χ4n) is 2.94. The van der Waals surface area contributed by atoms with Crippen molar-refractivity contribution in [2.24, 2.45) is 0 Å². The molecule has 3 rings (SSSR count). The Morgan fingerprint density at radius 3 is 2.73 bits per heavy atom. The van der Waals surface area contributed by atoms with Crippen LogP contribution >= 0.6 is 11.8 Å². The van der Waals surface area contributed by atoms with E-state index >= 15 is 0 Å². The fourth-order valence-corrected chi connectivity index (χ4v) is 3.81. The van der Waals surface area contributed by atoms with Crippen LogP contribution in [0.2, 0.25) is 0 Å². The Balaban J connectivity index is 1.70. The van der Waals surface area contributed by atoms with Gasteiger partial charge in [0.2, 0.25) is 5.91 Å². The summed E-state index contributed by atoms with van der Waals surface area (Å²) in [5.41, 5.74) is 1.66. The van der Waals surface area contributed by atoms with Crippen molar-refractivity contribution in [3.05, 3.63) is 60.2 Å². The zero-order valence-corrected chi connectivity index (χ0v) is 17.8. The number of hydrogen-bond donors (Lipinski definition) is 0. The van der Waals surface area contributed by atoms with Crippen LogP contribution in [0.3, 0.4) is 0 Å². The van der Waals surface area contributed by atoms with Gasteiger partial charge in [0, 0.05) is 38.2 Å². The lowest BCUT2D eigenvalue weighted by Gasteiger charge is -2.21. The molecule has 1 aromatic carbocycles. The zero-order valence-electron chi connectivity index (χ0n) is 17.0. The molecule has 0 aliphatic heterocycles. The first-order valence-electron chi connectivity index (χ1n) is 9.60. The van der Waals surface area contributed by atoms with Crippen molar-refractivity contribution in [1.82, 2.24) is 24.6 Å². The third kappa shape index (κ3) is 5.64.